The van der Waals surface area contributed by atoms with Crippen LogP contribution in [0, 0.1) is 0 Å². The Hall–Kier alpha value is -3.28. The van der Waals surface area contributed by atoms with Crippen LogP contribution >= 0.6 is 0 Å². The van der Waals surface area contributed by atoms with Crippen molar-refractivity contribution in [2.24, 2.45) is 0 Å². The number of carbonyl (C=O) groups excluding carboxylic acids is 2. The molecule has 2 aromatic carbocycles. The first-order chi connectivity index (χ1) is 13.1. The number of esters is 1. The van der Waals surface area contributed by atoms with Crippen LogP contribution in [0.4, 0.5) is 5.69 Å². The Morgan fingerprint density at radius 2 is 1.81 bits per heavy atom. The van der Waals surface area contributed by atoms with E-state index in [9.17, 15) is 9.59 Å². The zero-order chi connectivity index (χ0) is 19.4. The van der Waals surface area contributed by atoms with E-state index in [0.29, 0.717) is 35.7 Å². The van der Waals surface area contributed by atoms with Crippen molar-refractivity contribution in [2.75, 3.05) is 25.2 Å². The fourth-order valence-electron chi connectivity index (χ4n) is 2.89. The van der Waals surface area contributed by atoms with E-state index in [-0.39, 0.29) is 17.6 Å². The molecule has 0 fully saturated rings. The van der Waals surface area contributed by atoms with Crippen molar-refractivity contribution in [1.29, 1.82) is 0 Å². The number of carbonyl (C=O) groups is 2. The molecule has 0 N–H and O–H groups in total. The molecule has 0 spiro atoms. The predicted octanol–water partition coefficient (Wildman–Crippen LogP) is 4.28. The summed E-state index contributed by atoms with van der Waals surface area (Å²) in [7, 11) is 1.58. The first-order valence-electron chi connectivity index (χ1n) is 8.74. The molecule has 0 bridgehead atoms. The third-order valence-electron chi connectivity index (χ3n) is 4.20. The summed E-state index contributed by atoms with van der Waals surface area (Å²) in [5.41, 5.74) is 1.70. The lowest BCUT2D eigenvalue weighted by Gasteiger charge is -2.20. The first kappa shape index (κ1) is 18.5. The number of amides is 1. The standard InChI is InChI=1S/C21H21NO5/c1-4-22(15-11-9-14(10-12-15)21(24)26-5-2)20(23)19-13-16-17(25-3)7-6-8-18(16)27-19/h6-13H,4-5H2,1-3H3. The van der Waals surface area contributed by atoms with Crippen molar-refractivity contribution >= 4 is 28.5 Å². The number of anilines is 1. The Morgan fingerprint density at radius 1 is 1.07 bits per heavy atom. The van der Waals surface area contributed by atoms with E-state index in [1.54, 1.807) is 55.3 Å². The van der Waals surface area contributed by atoms with Crippen LogP contribution in [0.2, 0.25) is 0 Å². The number of methoxy groups -OCH3 is 1. The van der Waals surface area contributed by atoms with Gasteiger partial charge in [-0.2, -0.15) is 0 Å². The molecule has 1 aromatic heterocycles. The van der Waals surface area contributed by atoms with E-state index < -0.39 is 0 Å². The van der Waals surface area contributed by atoms with Crippen LogP contribution in [-0.4, -0.2) is 32.1 Å². The van der Waals surface area contributed by atoms with Gasteiger partial charge in [-0.15, -0.1) is 0 Å². The predicted molar refractivity (Wildman–Crippen MR) is 103 cm³/mol. The van der Waals surface area contributed by atoms with Crippen LogP contribution in [0.1, 0.15) is 34.8 Å². The molecule has 0 unspecified atom stereocenters. The number of fused-ring (bicyclic) bond motifs is 1. The molecule has 0 aliphatic heterocycles. The average molecular weight is 367 g/mol. The molecule has 0 radical (unpaired) electrons. The summed E-state index contributed by atoms with van der Waals surface area (Å²) in [5.74, 6) is 0.227. The molecule has 6 nitrogen and oxygen atoms in total. The molecular weight excluding hydrogens is 346 g/mol. The average Bonchev–Trinajstić information content (AvgIpc) is 3.13. The summed E-state index contributed by atoms with van der Waals surface area (Å²) in [6.07, 6.45) is 0. The Labute approximate surface area is 157 Å². The number of rotatable bonds is 6. The zero-order valence-electron chi connectivity index (χ0n) is 15.5. The van der Waals surface area contributed by atoms with Crippen molar-refractivity contribution < 1.29 is 23.5 Å². The summed E-state index contributed by atoms with van der Waals surface area (Å²) in [4.78, 5) is 26.3. The highest BCUT2D eigenvalue weighted by Crippen LogP contribution is 2.29. The Morgan fingerprint density at radius 3 is 2.44 bits per heavy atom. The van der Waals surface area contributed by atoms with Crippen molar-refractivity contribution in [3.63, 3.8) is 0 Å². The van der Waals surface area contributed by atoms with Crippen LogP contribution in [0.25, 0.3) is 11.0 Å². The van der Waals surface area contributed by atoms with E-state index in [1.807, 2.05) is 19.1 Å². The van der Waals surface area contributed by atoms with Crippen molar-refractivity contribution in [3.05, 3.63) is 59.9 Å². The summed E-state index contributed by atoms with van der Waals surface area (Å²) < 4.78 is 16.0. The van der Waals surface area contributed by atoms with Crippen molar-refractivity contribution in [3.8, 4) is 5.75 Å². The smallest absolute Gasteiger partial charge is 0.338 e. The molecule has 1 heterocycles. The number of benzene rings is 2. The number of hydrogen-bond acceptors (Lipinski definition) is 5. The van der Waals surface area contributed by atoms with Gasteiger partial charge in [-0.05, 0) is 50.2 Å². The monoisotopic (exact) mass is 367 g/mol. The molecule has 0 saturated carbocycles. The molecule has 27 heavy (non-hydrogen) atoms. The molecule has 0 saturated heterocycles. The number of ether oxygens (including phenoxy) is 2. The maximum Gasteiger partial charge on any atom is 0.338 e. The molecule has 3 aromatic rings. The highest BCUT2D eigenvalue weighted by molar-refractivity contribution is 6.07. The van der Waals surface area contributed by atoms with E-state index >= 15 is 0 Å². The SMILES string of the molecule is CCOC(=O)c1ccc(N(CC)C(=O)c2cc3c(OC)cccc3o2)cc1. The highest BCUT2D eigenvalue weighted by atomic mass is 16.5. The highest BCUT2D eigenvalue weighted by Gasteiger charge is 2.21. The van der Waals surface area contributed by atoms with Gasteiger partial charge in [0.25, 0.3) is 5.91 Å². The fourth-order valence-corrected chi connectivity index (χ4v) is 2.89. The molecule has 1 amide bonds. The second-order valence-electron chi connectivity index (χ2n) is 5.80. The topological polar surface area (TPSA) is 69.0 Å². The molecule has 0 aliphatic rings. The van der Waals surface area contributed by atoms with Crippen molar-refractivity contribution in [1.82, 2.24) is 0 Å². The van der Waals surface area contributed by atoms with Gasteiger partial charge in [0.15, 0.2) is 5.76 Å². The quantitative estimate of drug-likeness (QED) is 0.608. The van der Waals surface area contributed by atoms with E-state index in [4.69, 9.17) is 13.9 Å². The maximum absolute atomic E-state index is 13.0. The second-order valence-corrected chi connectivity index (χ2v) is 5.80. The minimum atomic E-state index is -0.386. The van der Waals surface area contributed by atoms with Gasteiger partial charge in [0, 0.05) is 18.3 Å². The lowest BCUT2D eigenvalue weighted by atomic mass is 10.2. The van der Waals surface area contributed by atoms with Crippen LogP contribution in [0.15, 0.2) is 52.9 Å². The lowest BCUT2D eigenvalue weighted by Crippen LogP contribution is -2.30. The Balaban J connectivity index is 1.89. The third-order valence-corrected chi connectivity index (χ3v) is 4.20. The van der Waals surface area contributed by atoms with Crippen LogP contribution < -0.4 is 9.64 Å². The third kappa shape index (κ3) is 3.65. The molecular formula is C21H21NO5. The largest absolute Gasteiger partial charge is 0.496 e. The van der Waals surface area contributed by atoms with Gasteiger partial charge in [0.2, 0.25) is 0 Å². The van der Waals surface area contributed by atoms with Gasteiger partial charge in [-0.25, -0.2) is 4.79 Å². The van der Waals surface area contributed by atoms with Crippen LogP contribution in [-0.2, 0) is 4.74 Å². The lowest BCUT2D eigenvalue weighted by molar-refractivity contribution is 0.0526. The van der Waals surface area contributed by atoms with Crippen LogP contribution in [0.3, 0.4) is 0 Å². The van der Waals surface area contributed by atoms with Gasteiger partial charge in [-0.3, -0.25) is 4.79 Å². The van der Waals surface area contributed by atoms with Gasteiger partial charge >= 0.3 is 5.97 Å². The van der Waals surface area contributed by atoms with Gasteiger partial charge in [0.1, 0.15) is 11.3 Å². The van der Waals surface area contributed by atoms with Gasteiger partial charge < -0.3 is 18.8 Å². The van der Waals surface area contributed by atoms with Gasteiger partial charge in [-0.1, -0.05) is 6.07 Å². The summed E-state index contributed by atoms with van der Waals surface area (Å²) in [6, 6.07) is 13.8. The first-order valence-corrected chi connectivity index (χ1v) is 8.74. The fraction of sp³-hybridized carbons (Fsp3) is 0.238. The van der Waals surface area contributed by atoms with E-state index in [2.05, 4.69) is 0 Å². The van der Waals surface area contributed by atoms with Crippen molar-refractivity contribution in [2.45, 2.75) is 13.8 Å². The molecule has 6 heteroatoms. The minimum Gasteiger partial charge on any atom is -0.496 e. The normalized spacial score (nSPS) is 10.6. The van der Waals surface area contributed by atoms with E-state index in [1.165, 1.54) is 0 Å². The molecule has 3 rings (SSSR count). The number of hydrogen-bond donors (Lipinski definition) is 0. The zero-order valence-corrected chi connectivity index (χ0v) is 15.5. The summed E-state index contributed by atoms with van der Waals surface area (Å²) in [5, 5.41) is 0.747. The molecule has 0 atom stereocenters. The molecule has 140 valence electrons. The van der Waals surface area contributed by atoms with Gasteiger partial charge in [0.05, 0.1) is 24.7 Å². The summed E-state index contributed by atoms with van der Waals surface area (Å²) >= 11 is 0. The molecule has 0 aliphatic carbocycles. The number of furan rings is 1. The summed E-state index contributed by atoms with van der Waals surface area (Å²) in [6.45, 7) is 4.40. The Bertz CT molecular complexity index is 958. The van der Waals surface area contributed by atoms with Crippen LogP contribution in [0.5, 0.6) is 5.75 Å². The minimum absolute atomic E-state index is 0.228. The van der Waals surface area contributed by atoms with E-state index in [0.717, 1.165) is 5.39 Å². The number of nitrogens with zero attached hydrogens (tertiary/aromatic N) is 1. The Kier molecular flexibility index (Phi) is 5.45. The second kappa shape index (κ2) is 7.95. The maximum atomic E-state index is 13.0.